The third-order valence-electron chi connectivity index (χ3n) is 3.93. The fourth-order valence-electron chi connectivity index (χ4n) is 2.74. The summed E-state index contributed by atoms with van der Waals surface area (Å²) in [5.74, 6) is 0.769. The Morgan fingerprint density at radius 2 is 1.94 bits per heavy atom. The van der Waals surface area contributed by atoms with Gasteiger partial charge >= 0.3 is 0 Å². The smallest absolute Gasteiger partial charge is 0.0379 e. The molecule has 1 aromatic carbocycles. The maximum absolute atomic E-state index is 6.08. The van der Waals surface area contributed by atoms with Gasteiger partial charge in [-0.2, -0.15) is 0 Å². The lowest BCUT2D eigenvalue weighted by Crippen LogP contribution is -2.40. The average molecular weight is 252 g/mol. The van der Waals surface area contributed by atoms with Gasteiger partial charge in [0.15, 0.2) is 0 Å². The molecule has 2 heteroatoms. The molecule has 94 valence electrons. The molecule has 1 aliphatic rings. The first-order valence-electron chi connectivity index (χ1n) is 6.57. The second kappa shape index (κ2) is 5.88. The Kier molecular flexibility index (Phi) is 4.47. The Balaban J connectivity index is 2.13. The largest absolute Gasteiger partial charge is 0.295 e. The molecule has 0 bridgehead atoms. The lowest BCUT2D eigenvalue weighted by Gasteiger charge is -2.35. The van der Waals surface area contributed by atoms with Crippen LogP contribution in [-0.2, 0) is 6.54 Å². The van der Waals surface area contributed by atoms with Crippen LogP contribution in [0.5, 0.6) is 0 Å². The van der Waals surface area contributed by atoms with E-state index in [0.29, 0.717) is 6.04 Å². The first-order valence-corrected chi connectivity index (χ1v) is 7.11. The Labute approximate surface area is 110 Å². The van der Waals surface area contributed by atoms with E-state index < -0.39 is 0 Å². The molecule has 0 saturated carbocycles. The van der Waals surface area contributed by atoms with E-state index in [-0.39, 0.29) is 0 Å². The minimum atomic E-state index is 0.574. The Hall–Kier alpha value is -0.530. The van der Waals surface area contributed by atoms with Crippen LogP contribution in [0.3, 0.4) is 0 Å². The number of aryl methyl sites for hydroxylation is 2. The quantitative estimate of drug-likeness (QED) is 0.737. The number of benzene rings is 1. The van der Waals surface area contributed by atoms with Crippen LogP contribution in [0.25, 0.3) is 0 Å². The summed E-state index contributed by atoms with van der Waals surface area (Å²) in [5.41, 5.74) is 4.30. The highest BCUT2D eigenvalue weighted by atomic mass is 35.5. The summed E-state index contributed by atoms with van der Waals surface area (Å²) in [4.78, 5) is 2.56. The van der Waals surface area contributed by atoms with Crippen LogP contribution in [0.1, 0.15) is 36.0 Å². The molecule has 1 fully saturated rings. The molecule has 0 aliphatic carbocycles. The summed E-state index contributed by atoms with van der Waals surface area (Å²) in [6, 6.07) is 7.14. The topological polar surface area (TPSA) is 3.24 Å². The van der Waals surface area contributed by atoms with Gasteiger partial charge in [0, 0.05) is 18.5 Å². The number of hydrogen-bond donors (Lipinski definition) is 0. The van der Waals surface area contributed by atoms with Gasteiger partial charge in [-0.1, -0.05) is 24.6 Å². The van der Waals surface area contributed by atoms with Crippen molar-refractivity contribution in [2.45, 2.75) is 45.7 Å². The van der Waals surface area contributed by atoms with Gasteiger partial charge in [-0.3, -0.25) is 4.90 Å². The number of rotatable bonds is 3. The fourth-order valence-corrected chi connectivity index (χ4v) is 3.09. The molecule has 0 N–H and O–H groups in total. The van der Waals surface area contributed by atoms with E-state index >= 15 is 0 Å². The normalized spacial score (nSPS) is 21.7. The molecule has 1 aliphatic heterocycles. The van der Waals surface area contributed by atoms with Crippen molar-refractivity contribution in [3.63, 3.8) is 0 Å². The van der Waals surface area contributed by atoms with Crippen molar-refractivity contribution in [2.24, 2.45) is 0 Å². The van der Waals surface area contributed by atoms with E-state index in [1.807, 2.05) is 0 Å². The Morgan fingerprint density at radius 3 is 2.59 bits per heavy atom. The highest BCUT2D eigenvalue weighted by Crippen LogP contribution is 2.23. The van der Waals surface area contributed by atoms with Gasteiger partial charge in [-0.05, 0) is 49.9 Å². The van der Waals surface area contributed by atoms with E-state index in [0.717, 1.165) is 12.4 Å². The maximum atomic E-state index is 6.08. The summed E-state index contributed by atoms with van der Waals surface area (Å²) in [5, 5.41) is 0. The molecule has 1 unspecified atom stereocenters. The SMILES string of the molecule is Cc1cccc(C)c1CN1CCCCC1CCl. The van der Waals surface area contributed by atoms with E-state index in [9.17, 15) is 0 Å². The summed E-state index contributed by atoms with van der Waals surface area (Å²) in [7, 11) is 0. The van der Waals surface area contributed by atoms with Gasteiger partial charge in [-0.15, -0.1) is 11.6 Å². The molecule has 1 nitrogen and oxygen atoms in total. The van der Waals surface area contributed by atoms with Gasteiger partial charge in [0.1, 0.15) is 0 Å². The molecular formula is C15H22ClN. The zero-order chi connectivity index (χ0) is 12.3. The van der Waals surface area contributed by atoms with Crippen LogP contribution < -0.4 is 0 Å². The molecule has 1 heterocycles. The second-order valence-electron chi connectivity index (χ2n) is 5.14. The van der Waals surface area contributed by atoms with Crippen LogP contribution in [0.2, 0.25) is 0 Å². The van der Waals surface area contributed by atoms with E-state index in [1.54, 1.807) is 0 Å². The fraction of sp³-hybridized carbons (Fsp3) is 0.600. The molecule has 0 aromatic heterocycles. The molecule has 0 radical (unpaired) electrons. The van der Waals surface area contributed by atoms with Crippen molar-refractivity contribution in [1.82, 2.24) is 4.90 Å². The van der Waals surface area contributed by atoms with Gasteiger partial charge in [0.05, 0.1) is 0 Å². The molecule has 1 atom stereocenters. The molecule has 2 rings (SSSR count). The van der Waals surface area contributed by atoms with E-state index in [2.05, 4.69) is 36.9 Å². The van der Waals surface area contributed by atoms with E-state index in [4.69, 9.17) is 11.6 Å². The first-order chi connectivity index (χ1) is 8.22. The highest BCUT2D eigenvalue weighted by Gasteiger charge is 2.22. The number of hydrogen-bond acceptors (Lipinski definition) is 1. The molecule has 0 spiro atoms. The zero-order valence-electron chi connectivity index (χ0n) is 10.9. The van der Waals surface area contributed by atoms with Crippen molar-refractivity contribution in [1.29, 1.82) is 0 Å². The molecule has 0 amide bonds. The molecule has 1 aromatic rings. The second-order valence-corrected chi connectivity index (χ2v) is 5.45. The average Bonchev–Trinajstić information content (AvgIpc) is 2.34. The number of halogens is 1. The van der Waals surface area contributed by atoms with Crippen LogP contribution in [0.4, 0.5) is 0 Å². The van der Waals surface area contributed by atoms with Crippen LogP contribution in [0.15, 0.2) is 18.2 Å². The Bertz CT molecular complexity index is 355. The van der Waals surface area contributed by atoms with Crippen molar-refractivity contribution in [3.8, 4) is 0 Å². The van der Waals surface area contributed by atoms with Crippen LogP contribution in [-0.4, -0.2) is 23.4 Å². The van der Waals surface area contributed by atoms with E-state index in [1.165, 1.54) is 42.5 Å². The molecule has 1 saturated heterocycles. The van der Waals surface area contributed by atoms with Crippen molar-refractivity contribution < 1.29 is 0 Å². The number of likely N-dealkylation sites (tertiary alicyclic amines) is 1. The summed E-state index contributed by atoms with van der Waals surface area (Å²) in [6.07, 6.45) is 3.91. The maximum Gasteiger partial charge on any atom is 0.0379 e. The zero-order valence-corrected chi connectivity index (χ0v) is 11.6. The van der Waals surface area contributed by atoms with Crippen LogP contribution in [0, 0.1) is 13.8 Å². The minimum Gasteiger partial charge on any atom is -0.295 e. The third-order valence-corrected chi connectivity index (χ3v) is 4.29. The van der Waals surface area contributed by atoms with Crippen molar-refractivity contribution >= 4 is 11.6 Å². The van der Waals surface area contributed by atoms with Gasteiger partial charge < -0.3 is 0 Å². The number of nitrogens with zero attached hydrogens (tertiary/aromatic N) is 1. The van der Waals surface area contributed by atoms with Crippen molar-refractivity contribution in [2.75, 3.05) is 12.4 Å². The predicted octanol–water partition coefficient (Wildman–Crippen LogP) is 3.90. The number of alkyl halides is 1. The highest BCUT2D eigenvalue weighted by molar-refractivity contribution is 6.18. The predicted molar refractivity (Wildman–Crippen MR) is 74.7 cm³/mol. The number of piperidine rings is 1. The first kappa shape index (κ1) is 12.9. The lowest BCUT2D eigenvalue weighted by atomic mass is 9.98. The van der Waals surface area contributed by atoms with Gasteiger partial charge in [-0.25, -0.2) is 0 Å². The third kappa shape index (κ3) is 3.02. The van der Waals surface area contributed by atoms with Gasteiger partial charge in [0.25, 0.3) is 0 Å². The molecular weight excluding hydrogens is 230 g/mol. The minimum absolute atomic E-state index is 0.574. The summed E-state index contributed by atoms with van der Waals surface area (Å²) in [6.45, 7) is 6.69. The monoisotopic (exact) mass is 251 g/mol. The van der Waals surface area contributed by atoms with Crippen LogP contribution >= 0.6 is 11.6 Å². The lowest BCUT2D eigenvalue weighted by molar-refractivity contribution is 0.154. The summed E-state index contributed by atoms with van der Waals surface area (Å²) < 4.78 is 0. The van der Waals surface area contributed by atoms with Crippen molar-refractivity contribution in [3.05, 3.63) is 34.9 Å². The Morgan fingerprint density at radius 1 is 1.24 bits per heavy atom. The van der Waals surface area contributed by atoms with Gasteiger partial charge in [0.2, 0.25) is 0 Å². The standard InChI is InChI=1S/C15H22ClN/c1-12-6-5-7-13(2)15(12)11-17-9-4-3-8-14(17)10-16/h5-7,14H,3-4,8-11H2,1-2H3. The summed E-state index contributed by atoms with van der Waals surface area (Å²) >= 11 is 6.08. The molecule has 17 heavy (non-hydrogen) atoms.